The molecule has 0 spiro atoms. The standard InChI is InChI=1S/C31H50O3/c1-8-27(4)22-12-15-30(7)23(28(22,5)14-13-24(27)32)10-9-21-25-20(19(2)3)11-16-31(25,26(33)34)18-17-29(21,30)6/h20-25,32H,2,8-18H2,1,3-7H3,(H,33,34)/t20-,21?,22?,23?,24-,25?,27-,28-,29+,30+,31-/m0/s1. The first-order valence-corrected chi connectivity index (χ1v) is 14.4. The maximum Gasteiger partial charge on any atom is 0.309 e. The van der Waals surface area contributed by atoms with Crippen molar-refractivity contribution in [3.8, 4) is 0 Å². The second-order valence-electron chi connectivity index (χ2n) is 14.6. The molecule has 5 aliphatic rings. The molecule has 0 heterocycles. The molecule has 11 atom stereocenters. The molecule has 0 aliphatic heterocycles. The van der Waals surface area contributed by atoms with E-state index in [9.17, 15) is 15.0 Å². The summed E-state index contributed by atoms with van der Waals surface area (Å²) in [6, 6.07) is 0. The first kappa shape index (κ1) is 24.8. The molecule has 3 nitrogen and oxygen atoms in total. The molecule has 2 N–H and O–H groups in total. The van der Waals surface area contributed by atoms with Crippen molar-refractivity contribution in [2.75, 3.05) is 0 Å². The van der Waals surface area contributed by atoms with E-state index in [1.165, 1.54) is 31.3 Å². The van der Waals surface area contributed by atoms with Crippen molar-refractivity contribution in [3.05, 3.63) is 12.2 Å². The van der Waals surface area contributed by atoms with Crippen LogP contribution in [0.5, 0.6) is 0 Å². The van der Waals surface area contributed by atoms with Gasteiger partial charge in [0.25, 0.3) is 0 Å². The Hall–Kier alpha value is -0.830. The fourth-order valence-electron chi connectivity index (χ4n) is 11.8. The summed E-state index contributed by atoms with van der Waals surface area (Å²) in [4.78, 5) is 12.8. The molecule has 5 fully saturated rings. The fourth-order valence-corrected chi connectivity index (χ4v) is 11.8. The lowest BCUT2D eigenvalue weighted by molar-refractivity contribution is -0.250. The number of carboxylic acid groups (broad SMARTS) is 1. The maximum atomic E-state index is 12.8. The van der Waals surface area contributed by atoms with Crippen LogP contribution < -0.4 is 0 Å². The number of rotatable bonds is 3. The molecule has 34 heavy (non-hydrogen) atoms. The van der Waals surface area contributed by atoms with Crippen LogP contribution in [0.25, 0.3) is 0 Å². The van der Waals surface area contributed by atoms with E-state index in [-0.39, 0.29) is 33.7 Å². The Bertz CT molecular complexity index is 880. The number of aliphatic hydroxyl groups excluding tert-OH is 1. The normalized spacial score (nSPS) is 56.6. The lowest BCUT2D eigenvalue weighted by Crippen LogP contribution is -2.67. The highest BCUT2D eigenvalue weighted by Crippen LogP contribution is 2.77. The molecular formula is C31H50O3. The third kappa shape index (κ3) is 2.77. The number of carbonyl (C=O) groups is 1. The van der Waals surface area contributed by atoms with Crippen LogP contribution in [0.1, 0.15) is 112 Å². The minimum atomic E-state index is -0.536. The SMILES string of the molecule is C=C(C)[C@@H]1CC[C@]2(C(=O)O)CC[C@]3(C)C(CCC4[C@@]5(C)CC[C@H](O)[C@@](C)(CC)C5CC[C@]43C)C12. The average molecular weight is 471 g/mol. The molecule has 192 valence electrons. The number of carboxylic acids is 1. The van der Waals surface area contributed by atoms with Crippen LogP contribution in [-0.2, 0) is 4.79 Å². The smallest absolute Gasteiger partial charge is 0.309 e. The maximum absolute atomic E-state index is 12.8. The van der Waals surface area contributed by atoms with Gasteiger partial charge >= 0.3 is 5.97 Å². The minimum absolute atomic E-state index is 0.0214. The summed E-state index contributed by atoms with van der Waals surface area (Å²) in [5, 5.41) is 21.6. The molecule has 0 amide bonds. The molecule has 0 bridgehead atoms. The summed E-state index contributed by atoms with van der Waals surface area (Å²) in [5.74, 6) is 1.81. The van der Waals surface area contributed by atoms with E-state index in [1.807, 2.05) is 0 Å². The van der Waals surface area contributed by atoms with Gasteiger partial charge in [-0.3, -0.25) is 4.79 Å². The van der Waals surface area contributed by atoms with Crippen LogP contribution in [0.4, 0.5) is 0 Å². The van der Waals surface area contributed by atoms with E-state index < -0.39 is 11.4 Å². The Morgan fingerprint density at radius 3 is 2.21 bits per heavy atom. The van der Waals surface area contributed by atoms with Crippen LogP contribution >= 0.6 is 0 Å². The van der Waals surface area contributed by atoms with Crippen LogP contribution in [0.3, 0.4) is 0 Å². The third-order valence-corrected chi connectivity index (χ3v) is 14.0. The summed E-state index contributed by atoms with van der Waals surface area (Å²) < 4.78 is 0. The van der Waals surface area contributed by atoms with Gasteiger partial charge in [0, 0.05) is 0 Å². The van der Waals surface area contributed by atoms with Crippen molar-refractivity contribution < 1.29 is 15.0 Å². The second-order valence-corrected chi connectivity index (χ2v) is 14.6. The molecular weight excluding hydrogens is 420 g/mol. The predicted octanol–water partition coefficient (Wildman–Crippen LogP) is 7.48. The van der Waals surface area contributed by atoms with Crippen molar-refractivity contribution in [2.24, 2.45) is 56.7 Å². The van der Waals surface area contributed by atoms with Crippen LogP contribution in [0.15, 0.2) is 12.2 Å². The Kier molecular flexibility index (Phi) is 5.55. The van der Waals surface area contributed by atoms with Crippen molar-refractivity contribution in [3.63, 3.8) is 0 Å². The second kappa shape index (κ2) is 7.59. The van der Waals surface area contributed by atoms with Gasteiger partial charge in [0.2, 0.25) is 0 Å². The van der Waals surface area contributed by atoms with Crippen LogP contribution in [0, 0.1) is 56.7 Å². The molecule has 0 saturated heterocycles. The number of aliphatic hydroxyl groups is 1. The van der Waals surface area contributed by atoms with Gasteiger partial charge in [0.05, 0.1) is 11.5 Å². The lowest BCUT2D eigenvalue weighted by Gasteiger charge is -2.73. The highest BCUT2D eigenvalue weighted by molar-refractivity contribution is 5.76. The summed E-state index contributed by atoms with van der Waals surface area (Å²) in [5.41, 5.74) is 1.40. The molecule has 5 saturated carbocycles. The lowest BCUT2D eigenvalue weighted by atomic mass is 9.32. The Morgan fingerprint density at radius 2 is 1.59 bits per heavy atom. The molecule has 5 aliphatic carbocycles. The predicted molar refractivity (Wildman–Crippen MR) is 137 cm³/mol. The first-order chi connectivity index (χ1) is 15.8. The van der Waals surface area contributed by atoms with Gasteiger partial charge < -0.3 is 10.2 Å². The van der Waals surface area contributed by atoms with Crippen molar-refractivity contribution in [1.82, 2.24) is 0 Å². The number of allylic oxidation sites excluding steroid dienone is 1. The first-order valence-electron chi connectivity index (χ1n) is 14.4. The zero-order valence-corrected chi connectivity index (χ0v) is 22.8. The highest BCUT2D eigenvalue weighted by Gasteiger charge is 2.72. The van der Waals surface area contributed by atoms with Gasteiger partial charge in [-0.15, -0.1) is 0 Å². The van der Waals surface area contributed by atoms with Crippen LogP contribution in [0.2, 0.25) is 0 Å². The zero-order valence-electron chi connectivity index (χ0n) is 22.8. The molecule has 0 aromatic carbocycles. The monoisotopic (exact) mass is 470 g/mol. The summed E-state index contributed by atoms with van der Waals surface area (Å²) in [7, 11) is 0. The summed E-state index contributed by atoms with van der Waals surface area (Å²) >= 11 is 0. The topological polar surface area (TPSA) is 57.5 Å². The van der Waals surface area contributed by atoms with Gasteiger partial charge in [-0.2, -0.15) is 0 Å². The number of hydrogen-bond donors (Lipinski definition) is 2. The van der Waals surface area contributed by atoms with Gasteiger partial charge in [-0.1, -0.05) is 46.8 Å². The Morgan fingerprint density at radius 1 is 0.882 bits per heavy atom. The third-order valence-electron chi connectivity index (χ3n) is 14.0. The minimum Gasteiger partial charge on any atom is -0.481 e. The Labute approximate surface area is 208 Å². The molecule has 4 unspecified atom stereocenters. The van der Waals surface area contributed by atoms with Gasteiger partial charge in [-0.05, 0) is 129 Å². The van der Waals surface area contributed by atoms with Crippen molar-refractivity contribution >= 4 is 5.97 Å². The van der Waals surface area contributed by atoms with E-state index in [0.29, 0.717) is 23.7 Å². The van der Waals surface area contributed by atoms with E-state index in [2.05, 4.69) is 48.1 Å². The van der Waals surface area contributed by atoms with E-state index >= 15 is 0 Å². The fraction of sp³-hybridized carbons (Fsp3) is 0.903. The van der Waals surface area contributed by atoms with E-state index in [4.69, 9.17) is 0 Å². The van der Waals surface area contributed by atoms with E-state index in [1.54, 1.807) is 0 Å². The highest BCUT2D eigenvalue weighted by atomic mass is 16.4. The van der Waals surface area contributed by atoms with Gasteiger partial charge in [0.1, 0.15) is 0 Å². The molecule has 0 aromatic rings. The van der Waals surface area contributed by atoms with E-state index in [0.717, 1.165) is 44.9 Å². The average Bonchev–Trinajstić information content (AvgIpc) is 3.18. The zero-order chi connectivity index (χ0) is 24.9. The van der Waals surface area contributed by atoms with Crippen molar-refractivity contribution in [2.45, 2.75) is 118 Å². The number of fused-ring (bicyclic) bond motifs is 7. The summed E-state index contributed by atoms with van der Waals surface area (Å²) in [6.07, 6.45) is 11.6. The molecule has 5 rings (SSSR count). The number of hydrogen-bond acceptors (Lipinski definition) is 2. The largest absolute Gasteiger partial charge is 0.481 e. The van der Waals surface area contributed by atoms with Gasteiger partial charge in [-0.25, -0.2) is 0 Å². The quantitative estimate of drug-likeness (QED) is 0.420. The van der Waals surface area contributed by atoms with Crippen LogP contribution in [-0.4, -0.2) is 22.3 Å². The molecule has 0 radical (unpaired) electrons. The number of aliphatic carboxylic acids is 1. The molecule has 0 aromatic heterocycles. The molecule has 3 heteroatoms. The van der Waals surface area contributed by atoms with Gasteiger partial charge in [0.15, 0.2) is 0 Å². The Balaban J connectivity index is 1.56. The summed E-state index contributed by atoms with van der Waals surface area (Å²) in [6.45, 7) is 18.9. The van der Waals surface area contributed by atoms with Crippen molar-refractivity contribution in [1.29, 1.82) is 0 Å².